The minimum atomic E-state index is 0.105. The fraction of sp³-hybridized carbons (Fsp3) is 0.929. The lowest BCUT2D eigenvalue weighted by molar-refractivity contribution is -0.120. The lowest BCUT2D eigenvalue weighted by Crippen LogP contribution is -2.39. The minimum Gasteiger partial charge on any atom is -0.385 e. The van der Waals surface area contributed by atoms with Crippen molar-refractivity contribution in [2.24, 2.45) is 0 Å². The van der Waals surface area contributed by atoms with Crippen LogP contribution >= 0.6 is 0 Å². The minimum absolute atomic E-state index is 0.105. The molecule has 1 aliphatic rings. The summed E-state index contributed by atoms with van der Waals surface area (Å²) in [6.45, 7) is 1.87. The summed E-state index contributed by atoms with van der Waals surface area (Å²) < 4.78 is 4.94. The van der Waals surface area contributed by atoms with Crippen LogP contribution < -0.4 is 10.6 Å². The Morgan fingerprint density at radius 3 is 2.50 bits per heavy atom. The van der Waals surface area contributed by atoms with E-state index in [1.54, 1.807) is 7.11 Å². The van der Waals surface area contributed by atoms with Gasteiger partial charge in [0.25, 0.3) is 0 Å². The maximum absolute atomic E-state index is 11.6. The molecule has 0 aromatic carbocycles. The molecular weight excluding hydrogens is 228 g/mol. The summed E-state index contributed by atoms with van der Waals surface area (Å²) >= 11 is 0. The number of carbonyl (C=O) groups is 1. The topological polar surface area (TPSA) is 50.4 Å². The van der Waals surface area contributed by atoms with E-state index in [1.807, 2.05) is 0 Å². The number of nitrogens with one attached hydrogen (secondary N) is 2. The fourth-order valence-electron chi connectivity index (χ4n) is 2.40. The molecule has 0 spiro atoms. The van der Waals surface area contributed by atoms with Crippen molar-refractivity contribution in [3.8, 4) is 0 Å². The Bertz CT molecular complexity index is 214. The Hall–Kier alpha value is -0.610. The summed E-state index contributed by atoms with van der Waals surface area (Å²) in [7, 11) is 1.68. The summed E-state index contributed by atoms with van der Waals surface area (Å²) in [4.78, 5) is 11.6. The Balaban J connectivity index is 2.04. The van der Waals surface area contributed by atoms with Crippen molar-refractivity contribution in [3.05, 3.63) is 0 Å². The van der Waals surface area contributed by atoms with Crippen LogP contribution in [0.25, 0.3) is 0 Å². The van der Waals surface area contributed by atoms with Gasteiger partial charge in [-0.15, -0.1) is 0 Å². The van der Waals surface area contributed by atoms with Gasteiger partial charge in [0.05, 0.1) is 6.54 Å². The van der Waals surface area contributed by atoms with E-state index in [-0.39, 0.29) is 5.91 Å². The number of carbonyl (C=O) groups excluding carboxylic acids is 1. The SMILES string of the molecule is COCCCNC(=O)CNC1CCCCCCC1. The second-order valence-corrected chi connectivity index (χ2v) is 5.12. The van der Waals surface area contributed by atoms with Crippen molar-refractivity contribution in [2.75, 3.05) is 26.8 Å². The molecule has 1 rings (SSSR count). The predicted octanol–water partition coefficient (Wildman–Crippen LogP) is 1.84. The van der Waals surface area contributed by atoms with Crippen molar-refractivity contribution in [1.29, 1.82) is 0 Å². The highest BCUT2D eigenvalue weighted by atomic mass is 16.5. The third kappa shape index (κ3) is 7.67. The lowest BCUT2D eigenvalue weighted by Gasteiger charge is -2.20. The van der Waals surface area contributed by atoms with E-state index >= 15 is 0 Å². The van der Waals surface area contributed by atoms with Gasteiger partial charge in [0, 0.05) is 26.3 Å². The van der Waals surface area contributed by atoms with E-state index in [4.69, 9.17) is 4.74 Å². The Morgan fingerprint density at radius 1 is 1.17 bits per heavy atom. The molecule has 0 aromatic heterocycles. The molecule has 0 saturated heterocycles. The first-order valence-electron chi connectivity index (χ1n) is 7.32. The van der Waals surface area contributed by atoms with Crippen LogP contribution in [0.3, 0.4) is 0 Å². The molecule has 106 valence electrons. The summed E-state index contributed by atoms with van der Waals surface area (Å²) in [6.07, 6.45) is 10.00. The molecule has 4 nitrogen and oxygen atoms in total. The van der Waals surface area contributed by atoms with Gasteiger partial charge >= 0.3 is 0 Å². The molecule has 18 heavy (non-hydrogen) atoms. The quantitative estimate of drug-likeness (QED) is 0.683. The van der Waals surface area contributed by atoms with Crippen molar-refractivity contribution in [1.82, 2.24) is 10.6 Å². The molecule has 0 bridgehead atoms. The van der Waals surface area contributed by atoms with Gasteiger partial charge in [0.1, 0.15) is 0 Å². The van der Waals surface area contributed by atoms with Crippen molar-refractivity contribution in [2.45, 2.75) is 57.4 Å². The van der Waals surface area contributed by atoms with Crippen LogP contribution in [0.4, 0.5) is 0 Å². The lowest BCUT2D eigenvalue weighted by atomic mass is 9.97. The molecule has 0 radical (unpaired) electrons. The van der Waals surface area contributed by atoms with Gasteiger partial charge in [-0.3, -0.25) is 4.79 Å². The predicted molar refractivity (Wildman–Crippen MR) is 73.6 cm³/mol. The van der Waals surface area contributed by atoms with Crippen molar-refractivity contribution in [3.63, 3.8) is 0 Å². The van der Waals surface area contributed by atoms with Gasteiger partial charge in [-0.25, -0.2) is 0 Å². The highest BCUT2D eigenvalue weighted by Crippen LogP contribution is 2.16. The maximum Gasteiger partial charge on any atom is 0.233 e. The van der Waals surface area contributed by atoms with Crippen LogP contribution in [0.1, 0.15) is 51.4 Å². The molecular formula is C14H28N2O2. The van der Waals surface area contributed by atoms with Gasteiger partial charge in [0.2, 0.25) is 5.91 Å². The van der Waals surface area contributed by atoms with Crippen LogP contribution in [0.15, 0.2) is 0 Å². The normalized spacial score (nSPS) is 18.1. The Labute approximate surface area is 111 Å². The summed E-state index contributed by atoms with van der Waals surface area (Å²) in [5.41, 5.74) is 0. The van der Waals surface area contributed by atoms with E-state index in [1.165, 1.54) is 44.9 Å². The summed E-state index contributed by atoms with van der Waals surface area (Å²) in [5.74, 6) is 0.105. The zero-order chi connectivity index (χ0) is 13.1. The second-order valence-electron chi connectivity index (χ2n) is 5.12. The highest BCUT2D eigenvalue weighted by molar-refractivity contribution is 5.77. The average molecular weight is 256 g/mol. The third-order valence-corrected chi connectivity index (χ3v) is 3.50. The number of methoxy groups -OCH3 is 1. The first-order chi connectivity index (χ1) is 8.83. The fourth-order valence-corrected chi connectivity index (χ4v) is 2.40. The van der Waals surface area contributed by atoms with Gasteiger partial charge in [0.15, 0.2) is 0 Å². The number of amides is 1. The first-order valence-corrected chi connectivity index (χ1v) is 7.32. The molecule has 1 amide bonds. The van der Waals surface area contributed by atoms with Gasteiger partial charge < -0.3 is 15.4 Å². The average Bonchev–Trinajstić information content (AvgIpc) is 2.33. The third-order valence-electron chi connectivity index (χ3n) is 3.50. The van der Waals surface area contributed by atoms with Crippen LogP contribution in [-0.4, -0.2) is 38.8 Å². The standard InChI is InChI=1S/C14H28N2O2/c1-18-11-7-10-15-14(17)12-16-13-8-5-3-2-4-6-9-13/h13,16H,2-12H2,1H3,(H,15,17). The van der Waals surface area contributed by atoms with E-state index in [0.717, 1.165) is 6.42 Å². The van der Waals surface area contributed by atoms with Crippen LogP contribution in [0.2, 0.25) is 0 Å². The second kappa shape index (κ2) is 10.3. The van der Waals surface area contributed by atoms with Gasteiger partial charge in [-0.05, 0) is 19.3 Å². The maximum atomic E-state index is 11.6. The molecule has 1 saturated carbocycles. The number of rotatable bonds is 7. The first kappa shape index (κ1) is 15.4. The Kier molecular flexibility index (Phi) is 8.86. The summed E-state index contributed by atoms with van der Waals surface area (Å²) in [6, 6.07) is 0.537. The van der Waals surface area contributed by atoms with Gasteiger partial charge in [-0.2, -0.15) is 0 Å². The zero-order valence-corrected chi connectivity index (χ0v) is 11.7. The van der Waals surface area contributed by atoms with Crippen LogP contribution in [0, 0.1) is 0 Å². The Morgan fingerprint density at radius 2 is 1.83 bits per heavy atom. The summed E-state index contributed by atoms with van der Waals surface area (Å²) in [5, 5.41) is 6.29. The van der Waals surface area contributed by atoms with E-state index < -0.39 is 0 Å². The largest absolute Gasteiger partial charge is 0.385 e. The molecule has 0 aromatic rings. The van der Waals surface area contributed by atoms with E-state index in [2.05, 4.69) is 10.6 Å². The molecule has 0 atom stereocenters. The molecule has 0 aliphatic heterocycles. The van der Waals surface area contributed by atoms with E-state index in [9.17, 15) is 4.79 Å². The zero-order valence-electron chi connectivity index (χ0n) is 11.7. The van der Waals surface area contributed by atoms with Crippen molar-refractivity contribution < 1.29 is 9.53 Å². The van der Waals surface area contributed by atoms with Crippen LogP contribution in [0.5, 0.6) is 0 Å². The molecule has 2 N–H and O–H groups in total. The number of hydrogen-bond acceptors (Lipinski definition) is 3. The molecule has 1 aliphatic carbocycles. The monoisotopic (exact) mass is 256 g/mol. The number of ether oxygens (including phenoxy) is 1. The smallest absolute Gasteiger partial charge is 0.233 e. The molecule has 4 heteroatoms. The van der Waals surface area contributed by atoms with Crippen LogP contribution in [-0.2, 0) is 9.53 Å². The van der Waals surface area contributed by atoms with Gasteiger partial charge in [-0.1, -0.05) is 32.1 Å². The molecule has 0 unspecified atom stereocenters. The number of hydrogen-bond donors (Lipinski definition) is 2. The molecule has 0 heterocycles. The van der Waals surface area contributed by atoms with E-state index in [0.29, 0.717) is 25.7 Å². The molecule has 1 fully saturated rings. The van der Waals surface area contributed by atoms with Crippen molar-refractivity contribution >= 4 is 5.91 Å². The highest BCUT2D eigenvalue weighted by Gasteiger charge is 2.11.